The van der Waals surface area contributed by atoms with Crippen molar-refractivity contribution in [3.63, 3.8) is 0 Å². The molecule has 0 aliphatic carbocycles. The van der Waals surface area contributed by atoms with Gasteiger partial charge in [-0.05, 0) is 31.5 Å². The fourth-order valence-corrected chi connectivity index (χ4v) is 2.09. The third-order valence-corrected chi connectivity index (χ3v) is 4.26. The fourth-order valence-electron chi connectivity index (χ4n) is 1.90. The van der Waals surface area contributed by atoms with E-state index in [0.717, 1.165) is 17.1 Å². The summed E-state index contributed by atoms with van der Waals surface area (Å²) in [6.45, 7) is 8.08. The second kappa shape index (κ2) is 5.85. The van der Waals surface area contributed by atoms with E-state index in [1.54, 1.807) is 0 Å². The first kappa shape index (κ1) is 14.5. The minimum absolute atomic E-state index is 0.000823. The van der Waals surface area contributed by atoms with Crippen LogP contribution < -0.4 is 5.73 Å². The van der Waals surface area contributed by atoms with Gasteiger partial charge in [0.25, 0.3) is 0 Å². The van der Waals surface area contributed by atoms with Gasteiger partial charge < -0.3 is 5.73 Å². The first-order valence-electron chi connectivity index (χ1n) is 6.06. The highest BCUT2D eigenvalue weighted by molar-refractivity contribution is 6.31. The van der Waals surface area contributed by atoms with Gasteiger partial charge >= 0.3 is 0 Å². The average molecular weight is 255 g/mol. The molecule has 2 nitrogen and oxygen atoms in total. The fraction of sp³-hybridized carbons (Fsp3) is 0.571. The molecule has 96 valence electrons. The van der Waals surface area contributed by atoms with Gasteiger partial charge in [-0.15, -0.1) is 0 Å². The molecule has 1 aromatic rings. The second-order valence-corrected chi connectivity index (χ2v) is 5.57. The Hall–Kier alpha value is -0.570. The highest BCUT2D eigenvalue weighted by Gasteiger charge is 2.31. The first-order valence-corrected chi connectivity index (χ1v) is 6.44. The topological polar surface area (TPSA) is 29.3 Å². The van der Waals surface area contributed by atoms with Crippen LogP contribution in [-0.2, 0) is 6.54 Å². The zero-order chi connectivity index (χ0) is 13.1. The van der Waals surface area contributed by atoms with Gasteiger partial charge in [0.05, 0.1) is 0 Å². The summed E-state index contributed by atoms with van der Waals surface area (Å²) in [5.74, 6) is 0.500. The third kappa shape index (κ3) is 3.21. The largest absolute Gasteiger partial charge is 0.329 e. The monoisotopic (exact) mass is 254 g/mol. The maximum atomic E-state index is 6.18. The molecule has 0 radical (unpaired) electrons. The second-order valence-electron chi connectivity index (χ2n) is 5.16. The summed E-state index contributed by atoms with van der Waals surface area (Å²) in [6.07, 6.45) is 0. The van der Waals surface area contributed by atoms with Crippen LogP contribution in [0.1, 0.15) is 26.3 Å². The molecule has 0 aliphatic heterocycles. The van der Waals surface area contributed by atoms with E-state index in [9.17, 15) is 0 Å². The molecule has 0 aliphatic rings. The van der Waals surface area contributed by atoms with Gasteiger partial charge in [0.15, 0.2) is 0 Å². The molecule has 17 heavy (non-hydrogen) atoms. The highest BCUT2D eigenvalue weighted by atomic mass is 35.5. The van der Waals surface area contributed by atoms with Crippen LogP contribution in [0, 0.1) is 5.92 Å². The number of hydrogen-bond donors (Lipinski definition) is 1. The van der Waals surface area contributed by atoms with Crippen LogP contribution in [0.5, 0.6) is 0 Å². The van der Waals surface area contributed by atoms with Crippen molar-refractivity contribution in [2.45, 2.75) is 32.9 Å². The van der Waals surface area contributed by atoms with Crippen LogP contribution in [0.4, 0.5) is 0 Å². The Morgan fingerprint density at radius 1 is 1.35 bits per heavy atom. The summed E-state index contributed by atoms with van der Waals surface area (Å²) in [5, 5.41) is 0.822. The Kier molecular flexibility index (Phi) is 4.99. The number of nitrogens with zero attached hydrogens (tertiary/aromatic N) is 1. The van der Waals surface area contributed by atoms with E-state index in [1.165, 1.54) is 0 Å². The van der Waals surface area contributed by atoms with Crippen molar-refractivity contribution in [3.05, 3.63) is 34.9 Å². The van der Waals surface area contributed by atoms with Crippen molar-refractivity contribution in [2.24, 2.45) is 11.7 Å². The van der Waals surface area contributed by atoms with Crippen molar-refractivity contribution in [2.75, 3.05) is 13.6 Å². The quantitative estimate of drug-likeness (QED) is 0.875. The molecule has 0 saturated carbocycles. The summed E-state index contributed by atoms with van der Waals surface area (Å²) in [6, 6.07) is 7.97. The molecule has 0 spiro atoms. The van der Waals surface area contributed by atoms with Crippen LogP contribution >= 0.6 is 11.6 Å². The lowest BCUT2D eigenvalue weighted by Crippen LogP contribution is -2.53. The number of nitrogens with two attached hydrogens (primary N) is 1. The van der Waals surface area contributed by atoms with Crippen LogP contribution in [0.15, 0.2) is 24.3 Å². The van der Waals surface area contributed by atoms with Crippen molar-refractivity contribution < 1.29 is 0 Å². The molecule has 0 aromatic heterocycles. The maximum absolute atomic E-state index is 6.18. The maximum Gasteiger partial charge on any atom is 0.0451 e. The van der Waals surface area contributed by atoms with Crippen LogP contribution in [0.2, 0.25) is 5.02 Å². The SMILES string of the molecule is CC(C)C(C)(CN)N(C)Cc1ccccc1Cl. The van der Waals surface area contributed by atoms with E-state index < -0.39 is 0 Å². The Balaban J connectivity index is 2.85. The lowest BCUT2D eigenvalue weighted by molar-refractivity contribution is 0.0878. The average Bonchev–Trinajstić information content (AvgIpc) is 2.30. The summed E-state index contributed by atoms with van der Waals surface area (Å²) in [7, 11) is 2.11. The van der Waals surface area contributed by atoms with Gasteiger partial charge in [-0.3, -0.25) is 4.90 Å². The molecule has 1 atom stereocenters. The van der Waals surface area contributed by atoms with Crippen LogP contribution in [0.25, 0.3) is 0 Å². The molecular formula is C14H23ClN2. The lowest BCUT2D eigenvalue weighted by Gasteiger charge is -2.41. The Morgan fingerprint density at radius 3 is 2.41 bits per heavy atom. The van der Waals surface area contributed by atoms with E-state index in [4.69, 9.17) is 17.3 Å². The number of benzene rings is 1. The Morgan fingerprint density at radius 2 is 1.94 bits per heavy atom. The molecule has 3 heteroatoms. The van der Waals surface area contributed by atoms with E-state index in [2.05, 4.69) is 38.8 Å². The standard InChI is InChI=1S/C14H23ClN2/c1-11(2)14(3,10-16)17(4)9-12-7-5-6-8-13(12)15/h5-8,11H,9-10,16H2,1-4H3. The first-order chi connectivity index (χ1) is 7.91. The van der Waals surface area contributed by atoms with Crippen molar-refractivity contribution >= 4 is 11.6 Å². The van der Waals surface area contributed by atoms with Gasteiger partial charge in [-0.25, -0.2) is 0 Å². The molecule has 1 rings (SSSR count). The summed E-state index contributed by atoms with van der Waals surface area (Å²) >= 11 is 6.18. The lowest BCUT2D eigenvalue weighted by atomic mass is 9.86. The molecule has 1 aromatic carbocycles. The van der Waals surface area contributed by atoms with Crippen molar-refractivity contribution in [1.82, 2.24) is 4.90 Å². The molecular weight excluding hydrogens is 232 g/mol. The molecule has 0 heterocycles. The highest BCUT2D eigenvalue weighted by Crippen LogP contribution is 2.26. The summed E-state index contributed by atoms with van der Waals surface area (Å²) < 4.78 is 0. The van der Waals surface area contributed by atoms with Crippen LogP contribution in [0.3, 0.4) is 0 Å². The van der Waals surface area contributed by atoms with E-state index >= 15 is 0 Å². The minimum atomic E-state index is -0.000823. The molecule has 0 bridgehead atoms. The van der Waals surface area contributed by atoms with Gasteiger partial charge in [-0.1, -0.05) is 43.6 Å². The number of rotatable bonds is 5. The van der Waals surface area contributed by atoms with Gasteiger partial charge in [0, 0.05) is 23.7 Å². The zero-order valence-electron chi connectivity index (χ0n) is 11.2. The van der Waals surface area contributed by atoms with Gasteiger partial charge in [-0.2, -0.15) is 0 Å². The summed E-state index contributed by atoms with van der Waals surface area (Å²) in [5.41, 5.74) is 7.08. The number of hydrogen-bond acceptors (Lipinski definition) is 2. The molecule has 1 unspecified atom stereocenters. The smallest absolute Gasteiger partial charge is 0.0451 e. The van der Waals surface area contributed by atoms with Crippen LogP contribution in [-0.4, -0.2) is 24.0 Å². The van der Waals surface area contributed by atoms with Crippen molar-refractivity contribution in [3.8, 4) is 0 Å². The van der Waals surface area contributed by atoms with Gasteiger partial charge in [0.1, 0.15) is 0 Å². The molecule has 0 amide bonds. The Bertz CT molecular complexity index is 365. The van der Waals surface area contributed by atoms with Gasteiger partial charge in [0.2, 0.25) is 0 Å². The Labute approximate surface area is 110 Å². The molecule has 2 N–H and O–H groups in total. The van der Waals surface area contributed by atoms with E-state index in [-0.39, 0.29) is 5.54 Å². The van der Waals surface area contributed by atoms with Crippen molar-refractivity contribution in [1.29, 1.82) is 0 Å². The molecule has 0 saturated heterocycles. The molecule has 0 fully saturated rings. The third-order valence-electron chi connectivity index (χ3n) is 3.89. The zero-order valence-corrected chi connectivity index (χ0v) is 12.0. The predicted molar refractivity (Wildman–Crippen MR) is 75.2 cm³/mol. The predicted octanol–water partition coefficient (Wildman–Crippen LogP) is 3.15. The van der Waals surface area contributed by atoms with E-state index in [1.807, 2.05) is 18.2 Å². The minimum Gasteiger partial charge on any atom is -0.329 e. The van der Waals surface area contributed by atoms with E-state index in [0.29, 0.717) is 12.5 Å². The number of likely N-dealkylation sites (N-methyl/N-ethyl adjacent to an activating group) is 1. The normalized spacial score (nSPS) is 15.3. The summed E-state index contributed by atoms with van der Waals surface area (Å²) in [4.78, 5) is 2.29. The number of halogens is 1.